The molecule has 0 aliphatic carbocycles. The van der Waals surface area contributed by atoms with E-state index < -0.39 is 22.5 Å². The molecule has 5 rings (SSSR count). The van der Waals surface area contributed by atoms with Crippen molar-refractivity contribution in [1.82, 2.24) is 4.98 Å². The SMILES string of the molecule is Cc1cccc(N(CC(=O)Nc2nc(-c3ccccc3)cs2)S(=O)(=O)c2cccc3ccccc23)c1C. The second-order valence-electron chi connectivity index (χ2n) is 8.66. The maximum absolute atomic E-state index is 14.1. The molecule has 1 aromatic heterocycles. The first-order valence-corrected chi connectivity index (χ1v) is 14.0. The number of rotatable bonds is 7. The highest BCUT2D eigenvalue weighted by molar-refractivity contribution is 7.93. The molecule has 0 saturated carbocycles. The number of aromatic nitrogens is 1. The zero-order valence-corrected chi connectivity index (χ0v) is 22.0. The van der Waals surface area contributed by atoms with E-state index in [9.17, 15) is 13.2 Å². The number of aryl methyl sites for hydroxylation is 1. The van der Waals surface area contributed by atoms with Crippen molar-refractivity contribution in [3.63, 3.8) is 0 Å². The molecule has 0 saturated heterocycles. The number of fused-ring (bicyclic) bond motifs is 1. The fraction of sp³-hybridized carbons (Fsp3) is 0.103. The lowest BCUT2D eigenvalue weighted by Gasteiger charge is -2.26. The van der Waals surface area contributed by atoms with Crippen molar-refractivity contribution in [2.24, 2.45) is 0 Å². The molecule has 1 N–H and O–H groups in total. The molecule has 0 atom stereocenters. The molecule has 6 nitrogen and oxygen atoms in total. The second kappa shape index (κ2) is 10.2. The number of hydrogen-bond donors (Lipinski definition) is 1. The molecule has 1 heterocycles. The summed E-state index contributed by atoms with van der Waals surface area (Å²) in [5.41, 5.74) is 3.88. The van der Waals surface area contributed by atoms with Gasteiger partial charge in [0.25, 0.3) is 10.0 Å². The highest BCUT2D eigenvalue weighted by Crippen LogP contribution is 2.32. The van der Waals surface area contributed by atoms with Crippen LogP contribution in [0.1, 0.15) is 11.1 Å². The van der Waals surface area contributed by atoms with Gasteiger partial charge in [0.2, 0.25) is 5.91 Å². The third kappa shape index (κ3) is 4.98. The second-order valence-corrected chi connectivity index (χ2v) is 11.3. The average Bonchev–Trinajstić information content (AvgIpc) is 3.37. The number of nitrogens with zero attached hydrogens (tertiary/aromatic N) is 2. The molecular weight excluding hydrogens is 502 g/mol. The number of benzene rings is 4. The molecular formula is C29H25N3O3S2. The Kier molecular flexibility index (Phi) is 6.78. The third-order valence-electron chi connectivity index (χ3n) is 6.27. The van der Waals surface area contributed by atoms with Gasteiger partial charge in [0.15, 0.2) is 5.13 Å². The van der Waals surface area contributed by atoms with E-state index in [1.807, 2.05) is 79.9 Å². The predicted molar refractivity (Wildman–Crippen MR) is 151 cm³/mol. The van der Waals surface area contributed by atoms with Crippen LogP contribution in [-0.2, 0) is 14.8 Å². The first-order chi connectivity index (χ1) is 17.8. The Morgan fingerprint density at radius 3 is 2.41 bits per heavy atom. The maximum Gasteiger partial charge on any atom is 0.265 e. The number of hydrogen-bond acceptors (Lipinski definition) is 5. The molecule has 186 valence electrons. The number of sulfonamides is 1. The Hall–Kier alpha value is -4.01. The van der Waals surface area contributed by atoms with Gasteiger partial charge < -0.3 is 5.32 Å². The molecule has 0 aliphatic rings. The molecule has 8 heteroatoms. The van der Waals surface area contributed by atoms with Gasteiger partial charge >= 0.3 is 0 Å². The Morgan fingerprint density at radius 2 is 1.59 bits per heavy atom. The zero-order valence-electron chi connectivity index (χ0n) is 20.4. The van der Waals surface area contributed by atoms with Gasteiger partial charge in [-0.2, -0.15) is 0 Å². The smallest absolute Gasteiger partial charge is 0.265 e. The van der Waals surface area contributed by atoms with Gasteiger partial charge in [-0.1, -0.05) is 78.9 Å². The van der Waals surface area contributed by atoms with Crippen LogP contribution in [0.25, 0.3) is 22.0 Å². The van der Waals surface area contributed by atoms with Crippen molar-refractivity contribution < 1.29 is 13.2 Å². The summed E-state index contributed by atoms with van der Waals surface area (Å²) in [6.45, 7) is 3.39. The Balaban J connectivity index is 1.51. The van der Waals surface area contributed by atoms with E-state index in [0.29, 0.717) is 16.2 Å². The van der Waals surface area contributed by atoms with Crippen molar-refractivity contribution in [3.05, 3.63) is 108 Å². The minimum Gasteiger partial charge on any atom is -0.300 e. The van der Waals surface area contributed by atoms with Crippen LogP contribution in [-0.4, -0.2) is 25.9 Å². The summed E-state index contributed by atoms with van der Waals surface area (Å²) in [6, 6.07) is 27.6. The van der Waals surface area contributed by atoms with Gasteiger partial charge in [0, 0.05) is 16.3 Å². The molecule has 0 fully saturated rings. The molecule has 4 aromatic carbocycles. The minimum atomic E-state index is -4.09. The van der Waals surface area contributed by atoms with Gasteiger partial charge in [0.1, 0.15) is 6.54 Å². The number of thiazole rings is 1. The van der Waals surface area contributed by atoms with E-state index in [1.165, 1.54) is 15.6 Å². The first-order valence-electron chi connectivity index (χ1n) is 11.7. The molecule has 0 aliphatic heterocycles. The van der Waals surface area contributed by atoms with Gasteiger partial charge in [-0.15, -0.1) is 11.3 Å². The predicted octanol–water partition coefficient (Wildman–Crippen LogP) is 6.41. The van der Waals surface area contributed by atoms with Gasteiger partial charge in [0.05, 0.1) is 16.3 Å². The van der Waals surface area contributed by atoms with Crippen molar-refractivity contribution >= 4 is 48.9 Å². The summed E-state index contributed by atoms with van der Waals surface area (Å²) in [7, 11) is -4.09. The lowest BCUT2D eigenvalue weighted by Crippen LogP contribution is -2.38. The van der Waals surface area contributed by atoms with Crippen molar-refractivity contribution in [3.8, 4) is 11.3 Å². The largest absolute Gasteiger partial charge is 0.300 e. The van der Waals surface area contributed by atoms with Crippen molar-refractivity contribution in [2.45, 2.75) is 18.7 Å². The summed E-state index contributed by atoms with van der Waals surface area (Å²) >= 11 is 1.30. The van der Waals surface area contributed by atoms with Gasteiger partial charge in [-0.05, 0) is 42.5 Å². The van der Waals surface area contributed by atoms with Crippen LogP contribution in [0, 0.1) is 13.8 Å². The summed E-state index contributed by atoms with van der Waals surface area (Å²) < 4.78 is 29.4. The summed E-state index contributed by atoms with van der Waals surface area (Å²) in [6.07, 6.45) is 0. The van der Waals surface area contributed by atoms with Crippen LogP contribution in [0.3, 0.4) is 0 Å². The summed E-state index contributed by atoms with van der Waals surface area (Å²) in [4.78, 5) is 17.9. The van der Waals surface area contributed by atoms with Crippen LogP contribution in [0.4, 0.5) is 10.8 Å². The summed E-state index contributed by atoms with van der Waals surface area (Å²) in [5.74, 6) is -0.473. The van der Waals surface area contributed by atoms with Crippen molar-refractivity contribution in [2.75, 3.05) is 16.2 Å². The van der Waals surface area contributed by atoms with Crippen LogP contribution >= 0.6 is 11.3 Å². The average molecular weight is 528 g/mol. The molecule has 5 aromatic rings. The van der Waals surface area contributed by atoms with E-state index in [2.05, 4.69) is 10.3 Å². The van der Waals surface area contributed by atoms with E-state index in [-0.39, 0.29) is 4.90 Å². The summed E-state index contributed by atoms with van der Waals surface area (Å²) in [5, 5.41) is 6.48. The maximum atomic E-state index is 14.1. The topological polar surface area (TPSA) is 79.4 Å². The molecule has 0 unspecified atom stereocenters. The first kappa shape index (κ1) is 24.7. The van der Waals surface area contributed by atoms with E-state index in [1.54, 1.807) is 30.3 Å². The lowest BCUT2D eigenvalue weighted by atomic mass is 10.1. The Bertz CT molecular complexity index is 1690. The molecule has 0 spiro atoms. The third-order valence-corrected chi connectivity index (χ3v) is 8.85. The Morgan fingerprint density at radius 1 is 0.892 bits per heavy atom. The lowest BCUT2D eigenvalue weighted by molar-refractivity contribution is -0.114. The fourth-order valence-corrected chi connectivity index (χ4v) is 6.64. The van der Waals surface area contributed by atoms with Crippen LogP contribution in [0.5, 0.6) is 0 Å². The molecule has 0 radical (unpaired) electrons. The highest BCUT2D eigenvalue weighted by atomic mass is 32.2. The Labute approximate surface area is 220 Å². The molecule has 37 heavy (non-hydrogen) atoms. The van der Waals surface area contributed by atoms with Gasteiger partial charge in [-0.3, -0.25) is 9.10 Å². The van der Waals surface area contributed by atoms with E-state index >= 15 is 0 Å². The number of carbonyl (C=O) groups is 1. The molecule has 1 amide bonds. The normalized spacial score (nSPS) is 11.4. The standard InChI is InChI=1S/C29H25N3O3S2/c1-20-10-8-16-26(21(20)2)32(37(34,35)27-17-9-14-22-11-6-7-15-24(22)27)18-28(33)31-29-30-25(19-36-29)23-12-4-3-5-13-23/h3-17,19H,18H2,1-2H3,(H,30,31,33). The quantitative estimate of drug-likeness (QED) is 0.265. The fourth-order valence-electron chi connectivity index (χ4n) is 4.21. The van der Waals surface area contributed by atoms with Crippen LogP contribution in [0.15, 0.2) is 101 Å². The number of carbonyl (C=O) groups excluding carboxylic acids is 1. The van der Waals surface area contributed by atoms with E-state index in [0.717, 1.165) is 27.8 Å². The number of anilines is 2. The number of amides is 1. The monoisotopic (exact) mass is 527 g/mol. The van der Waals surface area contributed by atoms with E-state index in [4.69, 9.17) is 0 Å². The van der Waals surface area contributed by atoms with Crippen molar-refractivity contribution in [1.29, 1.82) is 0 Å². The zero-order chi connectivity index (χ0) is 26.0. The molecule has 0 bridgehead atoms. The van der Waals surface area contributed by atoms with Crippen LogP contribution in [0.2, 0.25) is 0 Å². The highest BCUT2D eigenvalue weighted by Gasteiger charge is 2.30. The van der Waals surface area contributed by atoms with Crippen LogP contribution < -0.4 is 9.62 Å². The number of nitrogens with one attached hydrogen (secondary N) is 1. The van der Waals surface area contributed by atoms with Gasteiger partial charge in [-0.25, -0.2) is 13.4 Å². The minimum absolute atomic E-state index is 0.153.